The minimum atomic E-state index is -0.424. The van der Waals surface area contributed by atoms with E-state index in [0.717, 1.165) is 51.1 Å². The summed E-state index contributed by atoms with van der Waals surface area (Å²) in [5, 5.41) is 11.0. The Morgan fingerprint density at radius 3 is 2.65 bits per heavy atom. The molecule has 0 unspecified atom stereocenters. The molecule has 0 amide bonds. The first-order chi connectivity index (χ1) is 9.56. The fourth-order valence-electron chi connectivity index (χ4n) is 2.43. The Kier molecular flexibility index (Phi) is 5.34. The quantitative estimate of drug-likeness (QED) is 0.619. The Morgan fingerprint density at radius 1 is 1.30 bits per heavy atom. The molecule has 1 aliphatic heterocycles. The first-order valence-corrected chi connectivity index (χ1v) is 7.28. The average Bonchev–Trinajstić information content (AvgIpc) is 2.42. The molecule has 0 spiro atoms. The van der Waals surface area contributed by atoms with Crippen molar-refractivity contribution < 1.29 is 4.92 Å². The molecule has 0 atom stereocenters. The highest BCUT2D eigenvalue weighted by molar-refractivity contribution is 6.32. The standard InChI is InChI=1S/C14H20ClN3O2/c1-16-7-9-17(10-8-16)6-2-3-12-4-5-13(15)14(11-12)18(19)20/h4-5,11H,2-3,6-10H2,1H3. The van der Waals surface area contributed by atoms with E-state index in [1.807, 2.05) is 6.07 Å². The number of nitrogens with zero attached hydrogens (tertiary/aromatic N) is 3. The van der Waals surface area contributed by atoms with Crippen LogP contribution in [0.25, 0.3) is 0 Å². The minimum Gasteiger partial charge on any atom is -0.304 e. The molecule has 0 N–H and O–H groups in total. The van der Waals surface area contributed by atoms with Crippen molar-refractivity contribution in [2.24, 2.45) is 0 Å². The zero-order valence-corrected chi connectivity index (χ0v) is 12.5. The lowest BCUT2D eigenvalue weighted by Crippen LogP contribution is -2.44. The van der Waals surface area contributed by atoms with E-state index in [1.165, 1.54) is 0 Å². The number of hydrogen-bond donors (Lipinski definition) is 0. The summed E-state index contributed by atoms with van der Waals surface area (Å²) in [7, 11) is 2.14. The first-order valence-electron chi connectivity index (χ1n) is 6.90. The fourth-order valence-corrected chi connectivity index (χ4v) is 2.62. The number of benzene rings is 1. The van der Waals surface area contributed by atoms with Gasteiger partial charge in [-0.15, -0.1) is 0 Å². The van der Waals surface area contributed by atoms with Crippen molar-refractivity contribution in [2.45, 2.75) is 12.8 Å². The zero-order valence-electron chi connectivity index (χ0n) is 11.7. The molecule has 110 valence electrons. The van der Waals surface area contributed by atoms with Gasteiger partial charge in [0.25, 0.3) is 5.69 Å². The number of piperazine rings is 1. The van der Waals surface area contributed by atoms with Crippen LogP contribution >= 0.6 is 11.6 Å². The van der Waals surface area contributed by atoms with Gasteiger partial charge in [-0.1, -0.05) is 17.7 Å². The molecule has 0 aromatic heterocycles. The highest BCUT2D eigenvalue weighted by Gasteiger charge is 2.14. The molecule has 1 aromatic rings. The summed E-state index contributed by atoms with van der Waals surface area (Å²) < 4.78 is 0. The van der Waals surface area contributed by atoms with E-state index in [1.54, 1.807) is 12.1 Å². The monoisotopic (exact) mass is 297 g/mol. The van der Waals surface area contributed by atoms with Crippen LogP contribution in [0.4, 0.5) is 5.69 Å². The Morgan fingerprint density at radius 2 is 2.00 bits per heavy atom. The van der Waals surface area contributed by atoms with Crippen molar-refractivity contribution in [3.63, 3.8) is 0 Å². The number of hydrogen-bond acceptors (Lipinski definition) is 4. The lowest BCUT2D eigenvalue weighted by Gasteiger charge is -2.32. The third-order valence-corrected chi connectivity index (χ3v) is 4.06. The SMILES string of the molecule is CN1CCN(CCCc2ccc(Cl)c([N+](=O)[O-])c2)CC1. The van der Waals surface area contributed by atoms with Crippen molar-refractivity contribution in [1.82, 2.24) is 9.80 Å². The molecule has 5 nitrogen and oxygen atoms in total. The highest BCUT2D eigenvalue weighted by Crippen LogP contribution is 2.25. The Hall–Kier alpha value is -1.17. The summed E-state index contributed by atoms with van der Waals surface area (Å²) in [6, 6.07) is 5.08. The van der Waals surface area contributed by atoms with Crippen LogP contribution in [0.5, 0.6) is 0 Å². The van der Waals surface area contributed by atoms with Crippen LogP contribution in [0.2, 0.25) is 5.02 Å². The van der Waals surface area contributed by atoms with E-state index in [0.29, 0.717) is 0 Å². The summed E-state index contributed by atoms with van der Waals surface area (Å²) in [4.78, 5) is 15.2. The van der Waals surface area contributed by atoms with Gasteiger partial charge in [0, 0.05) is 32.2 Å². The van der Waals surface area contributed by atoms with Gasteiger partial charge in [0.05, 0.1) is 4.92 Å². The van der Waals surface area contributed by atoms with Gasteiger partial charge in [0.1, 0.15) is 5.02 Å². The smallest absolute Gasteiger partial charge is 0.288 e. The number of rotatable bonds is 5. The van der Waals surface area contributed by atoms with Gasteiger partial charge in [-0.05, 0) is 38.1 Å². The van der Waals surface area contributed by atoms with Crippen molar-refractivity contribution in [2.75, 3.05) is 39.8 Å². The predicted molar refractivity (Wildman–Crippen MR) is 80.4 cm³/mol. The molecule has 2 rings (SSSR count). The maximum absolute atomic E-state index is 10.8. The number of nitro groups is 1. The molecular weight excluding hydrogens is 278 g/mol. The fraction of sp³-hybridized carbons (Fsp3) is 0.571. The Labute approximate surface area is 124 Å². The second-order valence-corrected chi connectivity index (χ2v) is 5.70. The summed E-state index contributed by atoms with van der Waals surface area (Å²) >= 11 is 5.81. The second-order valence-electron chi connectivity index (χ2n) is 5.29. The van der Waals surface area contributed by atoms with Gasteiger partial charge in [-0.25, -0.2) is 0 Å². The van der Waals surface area contributed by atoms with Gasteiger partial charge in [0.15, 0.2) is 0 Å². The number of nitro benzene ring substituents is 1. The van der Waals surface area contributed by atoms with Gasteiger partial charge < -0.3 is 9.80 Å². The van der Waals surface area contributed by atoms with Crippen molar-refractivity contribution in [3.8, 4) is 0 Å². The number of likely N-dealkylation sites (N-methyl/N-ethyl adjacent to an activating group) is 1. The zero-order chi connectivity index (χ0) is 14.5. The molecule has 20 heavy (non-hydrogen) atoms. The van der Waals surface area contributed by atoms with Crippen LogP contribution in [0, 0.1) is 10.1 Å². The van der Waals surface area contributed by atoms with Crippen LogP contribution in [0.3, 0.4) is 0 Å². The molecule has 0 aliphatic carbocycles. The molecule has 6 heteroatoms. The van der Waals surface area contributed by atoms with Crippen LogP contribution < -0.4 is 0 Å². The Bertz CT molecular complexity index is 473. The summed E-state index contributed by atoms with van der Waals surface area (Å²) in [5.74, 6) is 0. The van der Waals surface area contributed by atoms with Crippen molar-refractivity contribution in [3.05, 3.63) is 38.9 Å². The predicted octanol–water partition coefficient (Wildman–Crippen LogP) is 2.43. The van der Waals surface area contributed by atoms with Gasteiger partial charge in [-0.2, -0.15) is 0 Å². The largest absolute Gasteiger partial charge is 0.304 e. The van der Waals surface area contributed by atoms with E-state index >= 15 is 0 Å². The van der Waals surface area contributed by atoms with Crippen LogP contribution in [0.15, 0.2) is 18.2 Å². The molecule has 1 heterocycles. The summed E-state index contributed by atoms with van der Waals surface area (Å²) in [6.07, 6.45) is 1.87. The Balaban J connectivity index is 1.82. The van der Waals surface area contributed by atoms with Crippen LogP contribution in [-0.2, 0) is 6.42 Å². The van der Waals surface area contributed by atoms with Crippen LogP contribution in [0.1, 0.15) is 12.0 Å². The molecule has 1 fully saturated rings. The molecule has 0 radical (unpaired) electrons. The third kappa shape index (κ3) is 4.16. The van der Waals surface area contributed by atoms with E-state index in [4.69, 9.17) is 11.6 Å². The average molecular weight is 298 g/mol. The second kappa shape index (κ2) is 7.02. The van der Waals surface area contributed by atoms with Gasteiger partial charge in [0.2, 0.25) is 0 Å². The number of halogens is 1. The van der Waals surface area contributed by atoms with E-state index in [2.05, 4.69) is 16.8 Å². The molecule has 0 saturated carbocycles. The van der Waals surface area contributed by atoms with E-state index < -0.39 is 4.92 Å². The molecule has 1 aliphatic rings. The first kappa shape index (κ1) is 15.2. The third-order valence-electron chi connectivity index (χ3n) is 3.74. The van der Waals surface area contributed by atoms with E-state index in [-0.39, 0.29) is 10.7 Å². The molecule has 1 aromatic carbocycles. The molecular formula is C14H20ClN3O2. The summed E-state index contributed by atoms with van der Waals surface area (Å²) in [6.45, 7) is 5.50. The lowest BCUT2D eigenvalue weighted by molar-refractivity contribution is -0.384. The van der Waals surface area contributed by atoms with E-state index in [9.17, 15) is 10.1 Å². The topological polar surface area (TPSA) is 49.6 Å². The maximum Gasteiger partial charge on any atom is 0.288 e. The summed E-state index contributed by atoms with van der Waals surface area (Å²) in [5.41, 5.74) is 0.985. The molecule has 1 saturated heterocycles. The normalized spacial score (nSPS) is 17.3. The minimum absolute atomic E-state index is 0.00349. The number of aryl methyl sites for hydroxylation is 1. The lowest BCUT2D eigenvalue weighted by atomic mass is 10.1. The van der Waals surface area contributed by atoms with Gasteiger partial charge >= 0.3 is 0 Å². The van der Waals surface area contributed by atoms with Gasteiger partial charge in [-0.3, -0.25) is 10.1 Å². The van der Waals surface area contributed by atoms with Crippen molar-refractivity contribution >= 4 is 17.3 Å². The maximum atomic E-state index is 10.8. The molecule has 0 bridgehead atoms. The van der Waals surface area contributed by atoms with Crippen molar-refractivity contribution in [1.29, 1.82) is 0 Å². The highest BCUT2D eigenvalue weighted by atomic mass is 35.5. The van der Waals surface area contributed by atoms with Crippen LogP contribution in [-0.4, -0.2) is 54.5 Å².